The quantitative estimate of drug-likeness (QED) is 0.523. The number of aliphatic imine (C=N–C) groups is 1. The lowest BCUT2D eigenvalue weighted by Crippen LogP contribution is -2.45. The molecule has 4 nitrogen and oxygen atoms in total. The van der Waals surface area contributed by atoms with E-state index in [2.05, 4.69) is 62.9 Å². The second-order valence-electron chi connectivity index (χ2n) is 9.16. The number of nitrogens with zero attached hydrogens (tertiary/aromatic N) is 2. The third-order valence-corrected chi connectivity index (χ3v) is 7.65. The summed E-state index contributed by atoms with van der Waals surface area (Å²) in [6.45, 7) is 10.9. The van der Waals surface area contributed by atoms with Gasteiger partial charge in [0.25, 0.3) is 5.91 Å². The summed E-state index contributed by atoms with van der Waals surface area (Å²) in [4.78, 5) is 20.1. The van der Waals surface area contributed by atoms with Gasteiger partial charge in [0.05, 0.1) is 10.6 Å². The Labute approximate surface area is 193 Å². The zero-order chi connectivity index (χ0) is 22.5. The van der Waals surface area contributed by atoms with Crippen molar-refractivity contribution in [1.29, 1.82) is 0 Å². The Morgan fingerprint density at radius 1 is 1.23 bits per heavy atom. The van der Waals surface area contributed by atoms with Gasteiger partial charge in [0, 0.05) is 23.3 Å². The molecule has 31 heavy (non-hydrogen) atoms. The first-order valence-corrected chi connectivity index (χ1v) is 11.7. The number of thioether (sulfide) groups is 1. The van der Waals surface area contributed by atoms with Gasteiger partial charge in [-0.15, -0.1) is 0 Å². The molecule has 1 unspecified atom stereocenters. The van der Waals surface area contributed by atoms with Crippen LogP contribution in [-0.4, -0.2) is 23.7 Å². The van der Waals surface area contributed by atoms with Gasteiger partial charge in [-0.3, -0.25) is 4.79 Å². The average Bonchev–Trinajstić information content (AvgIpc) is 3.02. The Balaban J connectivity index is 1.65. The van der Waals surface area contributed by atoms with E-state index in [4.69, 9.17) is 11.6 Å². The largest absolute Gasteiger partial charge is 0.369 e. The number of rotatable bonds is 2. The second kappa shape index (κ2) is 8.03. The van der Waals surface area contributed by atoms with Crippen LogP contribution in [-0.2, 0) is 4.79 Å². The predicted octanol–water partition coefficient (Wildman–Crippen LogP) is 6.57. The number of aryl methyl sites for hydroxylation is 2. The summed E-state index contributed by atoms with van der Waals surface area (Å²) in [6.07, 6.45) is 2.94. The summed E-state index contributed by atoms with van der Waals surface area (Å²) in [5.74, 6) is 0.273. The molecule has 2 aromatic carbocycles. The third kappa shape index (κ3) is 4.26. The minimum Gasteiger partial charge on any atom is -0.369 e. The molecule has 2 aromatic rings. The van der Waals surface area contributed by atoms with Crippen molar-refractivity contribution in [2.75, 3.05) is 11.9 Å². The molecule has 0 aromatic heterocycles. The Morgan fingerprint density at radius 2 is 1.97 bits per heavy atom. The number of carbonyl (C=O) groups is 1. The Bertz CT molecular complexity index is 1140. The minimum atomic E-state index is -0.146. The van der Waals surface area contributed by atoms with Crippen LogP contribution in [0.2, 0.25) is 5.02 Å². The second-order valence-corrected chi connectivity index (χ2v) is 10.6. The molecule has 2 heterocycles. The summed E-state index contributed by atoms with van der Waals surface area (Å²) >= 11 is 8.00. The van der Waals surface area contributed by atoms with Crippen LogP contribution in [0.15, 0.2) is 40.2 Å². The lowest BCUT2D eigenvalue weighted by atomic mass is 9.80. The molecule has 4 rings (SSSR count). The topological polar surface area (TPSA) is 44.7 Å². The van der Waals surface area contributed by atoms with E-state index in [1.807, 2.05) is 30.3 Å². The highest BCUT2D eigenvalue weighted by atomic mass is 35.5. The van der Waals surface area contributed by atoms with Crippen LogP contribution in [0.25, 0.3) is 6.08 Å². The number of benzene rings is 2. The van der Waals surface area contributed by atoms with E-state index in [9.17, 15) is 4.79 Å². The van der Waals surface area contributed by atoms with Gasteiger partial charge in [-0.2, -0.15) is 0 Å². The Morgan fingerprint density at radius 3 is 2.68 bits per heavy atom. The summed E-state index contributed by atoms with van der Waals surface area (Å²) in [7, 11) is 2.12. The number of fused-ring (bicyclic) bond motifs is 1. The van der Waals surface area contributed by atoms with Crippen molar-refractivity contribution < 1.29 is 4.79 Å². The average molecular weight is 454 g/mol. The number of halogens is 1. The van der Waals surface area contributed by atoms with Crippen molar-refractivity contribution in [3.63, 3.8) is 0 Å². The first-order valence-electron chi connectivity index (χ1n) is 10.5. The van der Waals surface area contributed by atoms with Gasteiger partial charge in [-0.1, -0.05) is 24.6 Å². The molecular weight excluding hydrogens is 426 g/mol. The molecule has 162 valence electrons. The zero-order valence-corrected chi connectivity index (χ0v) is 20.4. The van der Waals surface area contributed by atoms with E-state index in [-0.39, 0.29) is 11.4 Å². The molecule has 0 spiro atoms. The molecule has 0 radical (unpaired) electrons. The van der Waals surface area contributed by atoms with Crippen molar-refractivity contribution in [1.82, 2.24) is 5.32 Å². The summed E-state index contributed by atoms with van der Waals surface area (Å²) in [6, 6.07) is 10.2. The maximum Gasteiger partial charge on any atom is 0.264 e. The monoisotopic (exact) mass is 453 g/mol. The molecular formula is C25H28ClN3OS. The Hall–Kier alpha value is -2.24. The minimum absolute atomic E-state index is 0.0800. The van der Waals surface area contributed by atoms with Gasteiger partial charge in [-0.25, -0.2) is 4.99 Å². The fourth-order valence-corrected chi connectivity index (χ4v) is 5.29. The van der Waals surface area contributed by atoms with Gasteiger partial charge in [-0.05, 0) is 104 Å². The summed E-state index contributed by atoms with van der Waals surface area (Å²) < 4.78 is 0. The first-order chi connectivity index (χ1) is 14.5. The van der Waals surface area contributed by atoms with Crippen LogP contribution in [0.5, 0.6) is 0 Å². The van der Waals surface area contributed by atoms with E-state index in [1.54, 1.807) is 0 Å². The maximum absolute atomic E-state index is 12.6. The fraction of sp³-hybridized carbons (Fsp3) is 0.360. The highest BCUT2D eigenvalue weighted by Crippen LogP contribution is 2.45. The highest BCUT2D eigenvalue weighted by Gasteiger charge is 2.34. The number of hydrogen-bond donors (Lipinski definition) is 1. The summed E-state index contributed by atoms with van der Waals surface area (Å²) in [5.41, 5.74) is 6.61. The number of amides is 1. The van der Waals surface area contributed by atoms with Gasteiger partial charge in [0.15, 0.2) is 5.17 Å². The molecule has 2 aliphatic rings. The van der Waals surface area contributed by atoms with Crippen LogP contribution < -0.4 is 10.2 Å². The lowest BCUT2D eigenvalue weighted by Gasteiger charge is -2.45. The fourth-order valence-electron chi connectivity index (χ4n) is 4.25. The van der Waals surface area contributed by atoms with Gasteiger partial charge < -0.3 is 10.2 Å². The van der Waals surface area contributed by atoms with Gasteiger partial charge in [0.1, 0.15) is 0 Å². The molecule has 1 fully saturated rings. The van der Waals surface area contributed by atoms with Gasteiger partial charge >= 0.3 is 0 Å². The van der Waals surface area contributed by atoms with Crippen LogP contribution in [0.3, 0.4) is 0 Å². The lowest BCUT2D eigenvalue weighted by molar-refractivity contribution is -0.115. The van der Waals surface area contributed by atoms with E-state index in [1.165, 1.54) is 28.5 Å². The standard InChI is InChI=1S/C25H28ClN3OS/c1-14-7-8-18(9-15(14)2)27-24-28-23(30)22(31-24)11-17-10-19-16(3)13-25(4,5)29(6)21(19)12-20(17)26/h7-12,16H,13H2,1-6H3,(H,27,28,30)/b22-11-. The van der Waals surface area contributed by atoms with Crippen LogP contribution in [0.1, 0.15) is 55.4 Å². The number of hydrogen-bond acceptors (Lipinski definition) is 4. The molecule has 0 aliphatic carbocycles. The molecule has 2 aliphatic heterocycles. The van der Waals surface area contributed by atoms with Crippen molar-refractivity contribution in [3.05, 3.63) is 62.5 Å². The van der Waals surface area contributed by atoms with Crippen LogP contribution in [0.4, 0.5) is 11.4 Å². The zero-order valence-electron chi connectivity index (χ0n) is 18.8. The molecule has 6 heteroatoms. The SMILES string of the molecule is Cc1ccc(N=C2NC(=O)/C(=C/c3cc4c(cc3Cl)N(C)C(C)(C)CC4C)S2)cc1C. The molecule has 0 saturated carbocycles. The van der Waals surface area contributed by atoms with Gasteiger partial charge in [0.2, 0.25) is 0 Å². The number of amidine groups is 1. The van der Waals surface area contributed by atoms with E-state index in [0.717, 1.165) is 23.4 Å². The Kier molecular flexibility index (Phi) is 5.69. The molecule has 1 N–H and O–H groups in total. The van der Waals surface area contributed by atoms with Crippen molar-refractivity contribution >= 4 is 51.9 Å². The van der Waals surface area contributed by atoms with Crippen molar-refractivity contribution in [2.45, 2.75) is 52.5 Å². The molecule has 1 saturated heterocycles. The van der Waals surface area contributed by atoms with E-state index < -0.39 is 0 Å². The van der Waals surface area contributed by atoms with Crippen LogP contribution >= 0.6 is 23.4 Å². The molecule has 1 amide bonds. The number of nitrogens with one attached hydrogen (secondary N) is 1. The highest BCUT2D eigenvalue weighted by molar-refractivity contribution is 8.18. The predicted molar refractivity (Wildman–Crippen MR) is 134 cm³/mol. The van der Waals surface area contributed by atoms with E-state index >= 15 is 0 Å². The molecule has 0 bridgehead atoms. The maximum atomic E-state index is 12.6. The van der Waals surface area contributed by atoms with E-state index in [0.29, 0.717) is 21.0 Å². The number of carbonyl (C=O) groups excluding carboxylic acids is 1. The van der Waals surface area contributed by atoms with Crippen molar-refractivity contribution in [2.24, 2.45) is 4.99 Å². The smallest absolute Gasteiger partial charge is 0.264 e. The third-order valence-electron chi connectivity index (χ3n) is 6.41. The summed E-state index contributed by atoms with van der Waals surface area (Å²) in [5, 5.41) is 4.11. The van der Waals surface area contributed by atoms with Crippen molar-refractivity contribution in [3.8, 4) is 0 Å². The van der Waals surface area contributed by atoms with Crippen LogP contribution in [0, 0.1) is 13.8 Å². The normalized spacial score (nSPS) is 22.7. The first kappa shape index (κ1) is 22.0. The molecule has 1 atom stereocenters. The number of anilines is 1.